The molecule has 0 aliphatic rings. The summed E-state index contributed by atoms with van der Waals surface area (Å²) in [6.45, 7) is 0. The number of fused-ring (bicyclic) bond motifs is 1. The van der Waals surface area contributed by atoms with Crippen molar-refractivity contribution >= 4 is 27.0 Å². The van der Waals surface area contributed by atoms with Gasteiger partial charge in [-0.15, -0.1) is 0 Å². The van der Waals surface area contributed by atoms with Crippen molar-refractivity contribution in [2.24, 2.45) is 0 Å². The molecule has 3 aromatic rings. The van der Waals surface area contributed by atoms with Crippen LogP contribution in [-0.4, -0.2) is 15.0 Å². The lowest BCUT2D eigenvalue weighted by molar-refractivity contribution is -0.137. The third kappa shape index (κ3) is 2.18. The molecule has 0 amide bonds. The van der Waals surface area contributed by atoms with Gasteiger partial charge in [-0.25, -0.2) is 9.97 Å². The maximum absolute atomic E-state index is 13.0. The SMILES string of the molecule is FC(F)(F)c1ccccc1-c1ncc2[nH]cc(Br)c2n1. The van der Waals surface area contributed by atoms with Gasteiger partial charge >= 0.3 is 6.18 Å². The van der Waals surface area contributed by atoms with Crippen LogP contribution in [0.1, 0.15) is 5.56 Å². The third-order valence-electron chi connectivity index (χ3n) is 2.84. The number of nitrogens with one attached hydrogen (secondary N) is 1. The Morgan fingerprint density at radius 1 is 1.15 bits per heavy atom. The number of benzene rings is 1. The molecule has 0 spiro atoms. The van der Waals surface area contributed by atoms with Gasteiger partial charge in [0.05, 0.1) is 21.7 Å². The fourth-order valence-electron chi connectivity index (χ4n) is 1.93. The van der Waals surface area contributed by atoms with Gasteiger partial charge in [0.2, 0.25) is 0 Å². The van der Waals surface area contributed by atoms with E-state index < -0.39 is 11.7 Å². The molecule has 102 valence electrons. The highest BCUT2D eigenvalue weighted by atomic mass is 79.9. The van der Waals surface area contributed by atoms with E-state index in [1.54, 1.807) is 6.20 Å². The largest absolute Gasteiger partial charge is 0.417 e. The molecule has 0 aliphatic carbocycles. The molecule has 0 saturated heterocycles. The summed E-state index contributed by atoms with van der Waals surface area (Å²) in [4.78, 5) is 11.1. The Hall–Kier alpha value is -1.89. The highest BCUT2D eigenvalue weighted by molar-refractivity contribution is 9.10. The topological polar surface area (TPSA) is 41.6 Å². The molecule has 0 saturated carbocycles. The Morgan fingerprint density at radius 3 is 2.65 bits per heavy atom. The zero-order chi connectivity index (χ0) is 14.3. The van der Waals surface area contributed by atoms with Crippen LogP contribution in [0.4, 0.5) is 13.2 Å². The van der Waals surface area contributed by atoms with Crippen molar-refractivity contribution in [2.75, 3.05) is 0 Å². The van der Waals surface area contributed by atoms with E-state index in [-0.39, 0.29) is 11.4 Å². The lowest BCUT2D eigenvalue weighted by Crippen LogP contribution is -2.07. The van der Waals surface area contributed by atoms with Crippen LogP contribution in [0.3, 0.4) is 0 Å². The van der Waals surface area contributed by atoms with Crippen molar-refractivity contribution in [2.45, 2.75) is 6.18 Å². The van der Waals surface area contributed by atoms with Gasteiger partial charge in [-0.1, -0.05) is 18.2 Å². The molecule has 0 aliphatic heterocycles. The normalized spacial score (nSPS) is 12.0. The minimum Gasteiger partial charge on any atom is -0.357 e. The number of nitrogens with zero attached hydrogens (tertiary/aromatic N) is 2. The highest BCUT2D eigenvalue weighted by Crippen LogP contribution is 2.36. The molecule has 3 nitrogen and oxygen atoms in total. The summed E-state index contributed by atoms with van der Waals surface area (Å²) in [6, 6.07) is 5.26. The molecule has 2 heterocycles. The van der Waals surface area contributed by atoms with Gasteiger partial charge in [0, 0.05) is 11.8 Å². The van der Waals surface area contributed by atoms with Gasteiger partial charge in [0.25, 0.3) is 0 Å². The minimum atomic E-state index is -4.44. The van der Waals surface area contributed by atoms with E-state index in [0.29, 0.717) is 15.5 Å². The van der Waals surface area contributed by atoms with Gasteiger partial charge in [-0.3, -0.25) is 0 Å². The Kier molecular flexibility index (Phi) is 3.01. The fourth-order valence-corrected chi connectivity index (χ4v) is 2.35. The first-order chi connectivity index (χ1) is 9.47. The Bertz CT molecular complexity index is 780. The van der Waals surface area contributed by atoms with E-state index in [4.69, 9.17) is 0 Å². The molecule has 1 aromatic carbocycles. The molecule has 0 unspecified atom stereocenters. The summed E-state index contributed by atoms with van der Waals surface area (Å²) in [7, 11) is 0. The van der Waals surface area contributed by atoms with Crippen molar-refractivity contribution in [1.29, 1.82) is 0 Å². The quantitative estimate of drug-likeness (QED) is 0.712. The Labute approximate surface area is 120 Å². The number of halogens is 4. The van der Waals surface area contributed by atoms with Gasteiger partial charge in [0.1, 0.15) is 5.52 Å². The van der Waals surface area contributed by atoms with Crippen molar-refractivity contribution < 1.29 is 13.2 Å². The Morgan fingerprint density at radius 2 is 1.90 bits per heavy atom. The van der Waals surface area contributed by atoms with Gasteiger partial charge in [0.15, 0.2) is 5.82 Å². The smallest absolute Gasteiger partial charge is 0.357 e. The maximum atomic E-state index is 13.0. The number of aromatic nitrogens is 3. The Balaban J connectivity index is 2.23. The second-order valence-corrected chi connectivity index (χ2v) is 4.99. The van der Waals surface area contributed by atoms with Gasteiger partial charge in [-0.2, -0.15) is 13.2 Å². The fraction of sp³-hybridized carbons (Fsp3) is 0.0769. The van der Waals surface area contributed by atoms with E-state index >= 15 is 0 Å². The van der Waals surface area contributed by atoms with E-state index in [2.05, 4.69) is 30.9 Å². The number of hydrogen-bond donors (Lipinski definition) is 1. The molecular formula is C13H7BrF3N3. The lowest BCUT2D eigenvalue weighted by Gasteiger charge is -2.11. The van der Waals surface area contributed by atoms with Crippen LogP contribution in [0, 0.1) is 0 Å². The molecule has 0 bridgehead atoms. The molecule has 2 aromatic heterocycles. The number of rotatable bonds is 1. The van der Waals surface area contributed by atoms with Crippen molar-refractivity contribution in [1.82, 2.24) is 15.0 Å². The van der Waals surface area contributed by atoms with Crippen molar-refractivity contribution in [3.8, 4) is 11.4 Å². The van der Waals surface area contributed by atoms with Crippen LogP contribution in [0.25, 0.3) is 22.4 Å². The second kappa shape index (κ2) is 4.59. The lowest BCUT2D eigenvalue weighted by atomic mass is 10.1. The van der Waals surface area contributed by atoms with Crippen molar-refractivity contribution in [3.05, 3.63) is 46.7 Å². The van der Waals surface area contributed by atoms with E-state index in [1.807, 2.05) is 0 Å². The molecule has 0 radical (unpaired) electrons. The first-order valence-corrected chi connectivity index (χ1v) is 6.42. The molecule has 0 atom stereocenters. The number of alkyl halides is 3. The summed E-state index contributed by atoms with van der Waals surface area (Å²) in [5, 5.41) is 0. The van der Waals surface area contributed by atoms with Crippen LogP contribution >= 0.6 is 15.9 Å². The van der Waals surface area contributed by atoms with Crippen molar-refractivity contribution in [3.63, 3.8) is 0 Å². The van der Waals surface area contributed by atoms with Crippen LogP contribution in [0.2, 0.25) is 0 Å². The minimum absolute atomic E-state index is 0.0324. The first-order valence-electron chi connectivity index (χ1n) is 5.63. The molecule has 20 heavy (non-hydrogen) atoms. The summed E-state index contributed by atoms with van der Waals surface area (Å²) in [5.41, 5.74) is 0.429. The number of hydrogen-bond acceptors (Lipinski definition) is 2. The van der Waals surface area contributed by atoms with E-state index in [0.717, 1.165) is 6.07 Å². The predicted molar refractivity (Wildman–Crippen MR) is 72.0 cm³/mol. The molecule has 7 heteroatoms. The number of aromatic amines is 1. The second-order valence-electron chi connectivity index (χ2n) is 4.14. The monoisotopic (exact) mass is 341 g/mol. The van der Waals surface area contributed by atoms with Crippen LogP contribution < -0.4 is 0 Å². The predicted octanol–water partition coefficient (Wildman–Crippen LogP) is 4.41. The van der Waals surface area contributed by atoms with Gasteiger partial charge < -0.3 is 4.98 Å². The summed E-state index contributed by atoms with van der Waals surface area (Å²) < 4.78 is 39.7. The molecule has 3 rings (SSSR count). The zero-order valence-corrected chi connectivity index (χ0v) is 11.5. The number of H-pyrrole nitrogens is 1. The molecular weight excluding hydrogens is 335 g/mol. The summed E-state index contributed by atoms with van der Waals surface area (Å²) in [6.07, 6.45) is -1.31. The van der Waals surface area contributed by atoms with Crippen LogP contribution in [0.5, 0.6) is 0 Å². The van der Waals surface area contributed by atoms with Gasteiger partial charge in [-0.05, 0) is 22.0 Å². The standard InChI is InChI=1S/C13H7BrF3N3/c14-9-5-18-10-6-19-12(20-11(9)10)7-3-1-2-4-8(7)13(15,16)17/h1-6,18H. The zero-order valence-electron chi connectivity index (χ0n) is 9.87. The third-order valence-corrected chi connectivity index (χ3v) is 3.45. The average molecular weight is 342 g/mol. The van der Waals surface area contributed by atoms with E-state index in [9.17, 15) is 13.2 Å². The molecule has 1 N–H and O–H groups in total. The maximum Gasteiger partial charge on any atom is 0.417 e. The summed E-state index contributed by atoms with van der Waals surface area (Å²) in [5.74, 6) is 0.0470. The van der Waals surface area contributed by atoms with E-state index in [1.165, 1.54) is 24.4 Å². The van der Waals surface area contributed by atoms with Crippen LogP contribution in [-0.2, 0) is 6.18 Å². The summed E-state index contributed by atoms with van der Waals surface area (Å²) >= 11 is 3.29. The average Bonchev–Trinajstić information content (AvgIpc) is 2.79. The van der Waals surface area contributed by atoms with Crippen LogP contribution in [0.15, 0.2) is 41.1 Å². The first kappa shape index (κ1) is 13.1. The molecule has 0 fully saturated rings. The highest BCUT2D eigenvalue weighted by Gasteiger charge is 2.34.